The number of likely N-dealkylation sites (tertiary alicyclic amines) is 1. The summed E-state index contributed by atoms with van der Waals surface area (Å²) >= 11 is 0. The fourth-order valence-corrected chi connectivity index (χ4v) is 1.57. The molecule has 1 amide bonds. The average Bonchev–Trinajstić information content (AvgIpc) is 2.51. The smallest absolute Gasteiger partial charge is 0.286 e. The van der Waals surface area contributed by atoms with Gasteiger partial charge in [0.15, 0.2) is 0 Å². The molecule has 0 aliphatic carbocycles. The van der Waals surface area contributed by atoms with E-state index in [1.807, 2.05) is 0 Å². The fourth-order valence-electron chi connectivity index (χ4n) is 1.57. The van der Waals surface area contributed by atoms with E-state index in [9.17, 15) is 9.59 Å². The molecule has 1 aliphatic rings. The SMILES string of the molecule is NC(=O)C(=O)CN1CCCC1CO. The third kappa shape index (κ3) is 2.50. The quantitative estimate of drug-likeness (QED) is 0.523. The van der Waals surface area contributed by atoms with Crippen molar-refractivity contribution < 1.29 is 14.7 Å². The van der Waals surface area contributed by atoms with E-state index in [0.29, 0.717) is 0 Å². The van der Waals surface area contributed by atoms with Crippen molar-refractivity contribution in [2.75, 3.05) is 19.7 Å². The summed E-state index contributed by atoms with van der Waals surface area (Å²) < 4.78 is 0. The summed E-state index contributed by atoms with van der Waals surface area (Å²) in [5.74, 6) is -1.48. The molecule has 1 atom stereocenters. The minimum Gasteiger partial charge on any atom is -0.395 e. The number of nitrogens with two attached hydrogens (primary N) is 1. The highest BCUT2D eigenvalue weighted by Gasteiger charge is 2.26. The molecule has 1 rings (SSSR count). The Morgan fingerprint density at radius 1 is 1.54 bits per heavy atom. The molecule has 0 spiro atoms. The third-order valence-corrected chi connectivity index (χ3v) is 2.33. The number of hydrogen-bond donors (Lipinski definition) is 2. The number of carbonyl (C=O) groups excluding carboxylic acids is 2. The molecule has 13 heavy (non-hydrogen) atoms. The molecule has 0 aromatic heterocycles. The lowest BCUT2D eigenvalue weighted by Gasteiger charge is -2.20. The molecule has 0 aromatic rings. The Kier molecular flexibility index (Phi) is 3.39. The van der Waals surface area contributed by atoms with E-state index >= 15 is 0 Å². The van der Waals surface area contributed by atoms with E-state index in [0.717, 1.165) is 19.4 Å². The zero-order chi connectivity index (χ0) is 9.84. The fraction of sp³-hybridized carbons (Fsp3) is 0.750. The summed E-state index contributed by atoms with van der Waals surface area (Å²) in [5.41, 5.74) is 4.82. The van der Waals surface area contributed by atoms with Gasteiger partial charge in [0.25, 0.3) is 5.91 Å². The summed E-state index contributed by atoms with van der Waals surface area (Å²) in [7, 11) is 0. The highest BCUT2D eigenvalue weighted by atomic mass is 16.3. The Bertz CT molecular complexity index is 217. The number of aliphatic hydroxyl groups excluding tert-OH is 1. The van der Waals surface area contributed by atoms with E-state index in [1.54, 1.807) is 4.90 Å². The van der Waals surface area contributed by atoms with Gasteiger partial charge in [0.05, 0.1) is 13.2 Å². The second-order valence-corrected chi connectivity index (χ2v) is 3.24. The minimum absolute atomic E-state index is 0.0169. The van der Waals surface area contributed by atoms with Crippen LogP contribution in [0, 0.1) is 0 Å². The first-order valence-electron chi connectivity index (χ1n) is 4.32. The maximum atomic E-state index is 11.0. The Hall–Kier alpha value is -0.940. The highest BCUT2D eigenvalue weighted by Crippen LogP contribution is 2.15. The second-order valence-electron chi connectivity index (χ2n) is 3.24. The van der Waals surface area contributed by atoms with Gasteiger partial charge in [0, 0.05) is 6.04 Å². The van der Waals surface area contributed by atoms with Crippen LogP contribution < -0.4 is 5.73 Å². The molecule has 3 N–H and O–H groups in total. The average molecular weight is 186 g/mol. The van der Waals surface area contributed by atoms with Crippen LogP contribution >= 0.6 is 0 Å². The van der Waals surface area contributed by atoms with Crippen LogP contribution in [0.15, 0.2) is 0 Å². The van der Waals surface area contributed by atoms with E-state index in [2.05, 4.69) is 0 Å². The molecule has 1 aliphatic heterocycles. The molecule has 0 saturated carbocycles. The van der Waals surface area contributed by atoms with Gasteiger partial charge in [0.1, 0.15) is 0 Å². The van der Waals surface area contributed by atoms with Crippen LogP contribution in [0.1, 0.15) is 12.8 Å². The van der Waals surface area contributed by atoms with Gasteiger partial charge in [-0.05, 0) is 19.4 Å². The molecule has 1 unspecified atom stereocenters. The molecule has 0 radical (unpaired) electrons. The molecule has 74 valence electrons. The Balaban J connectivity index is 2.44. The number of aliphatic hydroxyl groups is 1. The molecule has 0 bridgehead atoms. The van der Waals surface area contributed by atoms with Gasteiger partial charge in [-0.1, -0.05) is 0 Å². The van der Waals surface area contributed by atoms with Crippen molar-refractivity contribution in [3.05, 3.63) is 0 Å². The predicted molar refractivity (Wildman–Crippen MR) is 45.9 cm³/mol. The minimum atomic E-state index is -0.899. The van der Waals surface area contributed by atoms with Gasteiger partial charge in [0.2, 0.25) is 5.78 Å². The number of primary amides is 1. The first kappa shape index (κ1) is 10.1. The van der Waals surface area contributed by atoms with Crippen LogP contribution in [-0.4, -0.2) is 47.4 Å². The van der Waals surface area contributed by atoms with Gasteiger partial charge in [-0.25, -0.2) is 0 Å². The maximum Gasteiger partial charge on any atom is 0.286 e. The van der Waals surface area contributed by atoms with Gasteiger partial charge >= 0.3 is 0 Å². The van der Waals surface area contributed by atoms with Crippen LogP contribution in [0.3, 0.4) is 0 Å². The van der Waals surface area contributed by atoms with Crippen LogP contribution in [0.2, 0.25) is 0 Å². The van der Waals surface area contributed by atoms with Gasteiger partial charge in [-0.15, -0.1) is 0 Å². The molecule has 1 saturated heterocycles. The summed E-state index contributed by atoms with van der Waals surface area (Å²) in [4.78, 5) is 23.2. The van der Waals surface area contributed by atoms with E-state index in [4.69, 9.17) is 10.8 Å². The van der Waals surface area contributed by atoms with Crippen LogP contribution in [0.4, 0.5) is 0 Å². The topological polar surface area (TPSA) is 83.6 Å². The van der Waals surface area contributed by atoms with Gasteiger partial charge < -0.3 is 10.8 Å². The number of Topliss-reactive ketones (excluding diaryl/α,β-unsaturated/α-hetero) is 1. The van der Waals surface area contributed by atoms with Crippen molar-refractivity contribution in [2.24, 2.45) is 5.73 Å². The summed E-state index contributed by atoms with van der Waals surface area (Å²) in [5, 5.41) is 8.92. The van der Waals surface area contributed by atoms with E-state index in [-0.39, 0.29) is 19.2 Å². The highest BCUT2D eigenvalue weighted by molar-refractivity contribution is 6.36. The zero-order valence-electron chi connectivity index (χ0n) is 7.40. The third-order valence-electron chi connectivity index (χ3n) is 2.33. The Labute approximate surface area is 76.5 Å². The first-order chi connectivity index (χ1) is 6.15. The summed E-state index contributed by atoms with van der Waals surface area (Å²) in [6.07, 6.45) is 1.83. The van der Waals surface area contributed by atoms with E-state index in [1.165, 1.54) is 0 Å². The Morgan fingerprint density at radius 3 is 2.77 bits per heavy atom. The van der Waals surface area contributed by atoms with Gasteiger partial charge in [-0.2, -0.15) is 0 Å². The van der Waals surface area contributed by atoms with Crippen molar-refractivity contribution in [1.29, 1.82) is 0 Å². The lowest BCUT2D eigenvalue weighted by molar-refractivity contribution is -0.136. The van der Waals surface area contributed by atoms with Crippen molar-refractivity contribution in [3.63, 3.8) is 0 Å². The van der Waals surface area contributed by atoms with Crippen LogP contribution in [-0.2, 0) is 9.59 Å². The van der Waals surface area contributed by atoms with Crippen molar-refractivity contribution in [2.45, 2.75) is 18.9 Å². The number of ketones is 1. The maximum absolute atomic E-state index is 11.0. The standard InChI is InChI=1S/C8H14N2O3/c9-8(13)7(12)4-10-3-1-2-6(10)5-11/h6,11H,1-5H2,(H2,9,13). The van der Waals surface area contributed by atoms with Crippen LogP contribution in [0.25, 0.3) is 0 Å². The van der Waals surface area contributed by atoms with Crippen molar-refractivity contribution in [3.8, 4) is 0 Å². The summed E-state index contributed by atoms with van der Waals surface area (Å²) in [6, 6.07) is 0.0169. The largest absolute Gasteiger partial charge is 0.395 e. The molecule has 5 heteroatoms. The number of carbonyl (C=O) groups is 2. The summed E-state index contributed by atoms with van der Waals surface area (Å²) in [6.45, 7) is 0.830. The second kappa shape index (κ2) is 4.34. The van der Waals surface area contributed by atoms with Crippen molar-refractivity contribution >= 4 is 11.7 Å². The molecular weight excluding hydrogens is 172 g/mol. The monoisotopic (exact) mass is 186 g/mol. The lowest BCUT2D eigenvalue weighted by Crippen LogP contribution is -2.40. The zero-order valence-corrected chi connectivity index (χ0v) is 7.40. The molecule has 5 nitrogen and oxygen atoms in total. The van der Waals surface area contributed by atoms with Crippen molar-refractivity contribution in [1.82, 2.24) is 4.90 Å². The van der Waals surface area contributed by atoms with Gasteiger partial charge in [-0.3, -0.25) is 14.5 Å². The lowest BCUT2D eigenvalue weighted by atomic mass is 10.2. The molecule has 1 fully saturated rings. The molecule has 1 heterocycles. The Morgan fingerprint density at radius 2 is 2.23 bits per heavy atom. The predicted octanol–water partition coefficient (Wildman–Crippen LogP) is -1.50. The number of nitrogens with zero attached hydrogens (tertiary/aromatic N) is 1. The number of hydrogen-bond acceptors (Lipinski definition) is 4. The van der Waals surface area contributed by atoms with Crippen LogP contribution in [0.5, 0.6) is 0 Å². The van der Waals surface area contributed by atoms with E-state index < -0.39 is 11.7 Å². The normalized spacial score (nSPS) is 23.3. The number of rotatable bonds is 4. The molecule has 0 aromatic carbocycles. The first-order valence-corrected chi connectivity index (χ1v) is 4.32. The number of amides is 1. The molecular formula is C8H14N2O3.